The number of rotatable bonds is 18. The number of carboxylic acid groups (broad SMARTS) is 3. The fraction of sp³-hybridized carbons (Fsp3) is 0.424. The van der Waals surface area contributed by atoms with Crippen LogP contribution in [0.3, 0.4) is 0 Å². The first-order valence-corrected chi connectivity index (χ1v) is 19.1. The van der Waals surface area contributed by atoms with Crippen molar-refractivity contribution >= 4 is 87.1 Å². The molecule has 0 radical (unpaired) electrons. The number of fused-ring (bicyclic) bond motifs is 2. The molecule has 0 aliphatic carbocycles. The van der Waals surface area contributed by atoms with Crippen molar-refractivity contribution in [3.05, 3.63) is 44.6 Å². The lowest BCUT2D eigenvalue weighted by atomic mass is 10.00. The number of thioether (sulfide) groups is 1. The summed E-state index contributed by atoms with van der Waals surface area (Å²) in [5.41, 5.74) is 4.57. The highest BCUT2D eigenvalue weighted by atomic mass is 35.5. The van der Waals surface area contributed by atoms with Gasteiger partial charge in [-0.05, 0) is 31.5 Å². The first-order chi connectivity index (χ1) is 26.5. The van der Waals surface area contributed by atoms with Crippen LogP contribution in [0.4, 0.5) is 5.13 Å². The van der Waals surface area contributed by atoms with E-state index in [1.54, 1.807) is 6.92 Å². The maximum absolute atomic E-state index is 13.6. The molecule has 3 aliphatic heterocycles. The second-order valence-electron chi connectivity index (χ2n) is 12.8. The molecular weight excluding hydrogens is 802 g/mol. The monoisotopic (exact) mass is 837 g/mol. The number of carboxylic acids is 3. The van der Waals surface area contributed by atoms with Crippen molar-refractivity contribution in [2.45, 2.75) is 62.3 Å². The maximum atomic E-state index is 13.6. The van der Waals surface area contributed by atoms with Crippen LogP contribution < -0.4 is 11.1 Å². The number of aliphatic carboxylic acids is 3. The number of nitrogens with zero attached hydrogens (tertiary/aromatic N) is 5. The van der Waals surface area contributed by atoms with E-state index >= 15 is 0 Å². The number of β-lactam (4-membered cyclic amide) rings is 1. The number of nitrogen functional groups attached to an aromatic ring is 1. The Bertz CT molecular complexity index is 2060. The number of hydrogen-bond donors (Lipinski definition) is 7. The average molecular weight is 838 g/mol. The molecule has 0 saturated carbocycles. The Morgan fingerprint density at radius 1 is 1.12 bits per heavy atom. The Labute approximate surface area is 330 Å². The molecule has 56 heavy (non-hydrogen) atoms. The molecule has 1 saturated heterocycles. The van der Waals surface area contributed by atoms with E-state index in [1.807, 2.05) is 11.8 Å². The molecular formula is C33H36ClN7O13S2. The zero-order valence-electron chi connectivity index (χ0n) is 29.6. The van der Waals surface area contributed by atoms with Gasteiger partial charge in [0.25, 0.3) is 23.6 Å². The predicted octanol–water partition coefficient (Wildman–Crippen LogP) is 1.35. The lowest BCUT2D eigenvalue weighted by Gasteiger charge is -2.51. The van der Waals surface area contributed by atoms with Crippen molar-refractivity contribution in [1.82, 2.24) is 25.0 Å². The number of aromatic hydroxyl groups is 2. The number of oxime groups is 1. The van der Waals surface area contributed by atoms with Crippen molar-refractivity contribution in [2.75, 3.05) is 31.9 Å². The Morgan fingerprint density at radius 2 is 1.84 bits per heavy atom. The summed E-state index contributed by atoms with van der Waals surface area (Å²) in [6, 6.07) is -0.314. The largest absolute Gasteiger partial charge is 0.504 e. The van der Waals surface area contributed by atoms with Gasteiger partial charge in [-0.15, -0.1) is 23.1 Å². The number of carbonyl (C=O) groups is 7. The van der Waals surface area contributed by atoms with E-state index in [9.17, 15) is 54.0 Å². The highest BCUT2D eigenvalue weighted by molar-refractivity contribution is 8.00. The van der Waals surface area contributed by atoms with E-state index in [2.05, 4.69) is 15.5 Å². The number of thiazole rings is 1. The van der Waals surface area contributed by atoms with E-state index in [1.165, 1.54) is 17.1 Å². The van der Waals surface area contributed by atoms with Crippen LogP contribution in [0, 0.1) is 0 Å². The van der Waals surface area contributed by atoms with Gasteiger partial charge in [0.2, 0.25) is 6.10 Å². The van der Waals surface area contributed by atoms with Gasteiger partial charge in [-0.2, -0.15) is 0 Å². The minimum Gasteiger partial charge on any atom is -0.504 e. The van der Waals surface area contributed by atoms with Gasteiger partial charge >= 0.3 is 17.9 Å². The number of unbranched alkanes of at least 4 members (excludes halogenated alkanes) is 2. The SMILES string of the molecule is CCCCCN(CCN1C(=O)c2cc(O)c(O)c(Cl)c2C1=O)CC1=C(C(=O)O)N2C(=O)[C@@H](NC(=O)/C(=N\O[C@@H](CC(=O)O)C(=O)O)c3csc(N)n3)[C@H]2S[C@H]1C. The first-order valence-electron chi connectivity index (χ1n) is 16.9. The molecule has 5 rings (SSSR count). The Balaban J connectivity index is 1.35. The molecule has 4 atom stereocenters. The average Bonchev–Trinajstić information content (AvgIpc) is 3.66. The van der Waals surface area contributed by atoms with Gasteiger partial charge in [-0.25, -0.2) is 14.6 Å². The molecule has 4 heterocycles. The molecule has 2 aromatic rings. The van der Waals surface area contributed by atoms with Crippen LogP contribution in [0.15, 0.2) is 27.9 Å². The van der Waals surface area contributed by atoms with Crippen molar-refractivity contribution in [2.24, 2.45) is 5.16 Å². The predicted molar refractivity (Wildman–Crippen MR) is 198 cm³/mol. The minimum atomic E-state index is -1.97. The van der Waals surface area contributed by atoms with Crippen LogP contribution in [0.5, 0.6) is 11.5 Å². The molecule has 20 nitrogen and oxygen atoms in total. The van der Waals surface area contributed by atoms with E-state index in [-0.39, 0.29) is 47.3 Å². The van der Waals surface area contributed by atoms with E-state index in [0.717, 1.165) is 40.0 Å². The maximum Gasteiger partial charge on any atom is 0.352 e. The first kappa shape index (κ1) is 41.7. The normalized spacial score (nSPS) is 19.8. The number of hydrogen-bond acceptors (Lipinski definition) is 16. The van der Waals surface area contributed by atoms with E-state index < -0.39 is 93.0 Å². The lowest BCUT2D eigenvalue weighted by molar-refractivity contribution is -0.156. The molecule has 1 aromatic carbocycles. The summed E-state index contributed by atoms with van der Waals surface area (Å²) in [6.07, 6.45) is -0.594. The second kappa shape index (κ2) is 17.1. The number of phenolic OH excluding ortho intramolecular Hbond substituents is 2. The zero-order valence-corrected chi connectivity index (χ0v) is 32.0. The highest BCUT2D eigenvalue weighted by Gasteiger charge is 2.56. The van der Waals surface area contributed by atoms with Gasteiger partial charge in [0.1, 0.15) is 22.8 Å². The van der Waals surface area contributed by atoms with Crippen LogP contribution in [-0.4, -0.2) is 141 Å². The van der Waals surface area contributed by atoms with Crippen LogP contribution in [0.25, 0.3) is 0 Å². The van der Waals surface area contributed by atoms with Crippen LogP contribution in [-0.2, 0) is 28.8 Å². The van der Waals surface area contributed by atoms with Crippen LogP contribution in [0.2, 0.25) is 5.02 Å². The van der Waals surface area contributed by atoms with Gasteiger partial charge in [-0.3, -0.25) is 38.7 Å². The van der Waals surface area contributed by atoms with Gasteiger partial charge in [0.05, 0.1) is 22.6 Å². The fourth-order valence-electron chi connectivity index (χ4n) is 6.23. The zero-order chi connectivity index (χ0) is 41.2. The quantitative estimate of drug-likeness (QED) is 0.0278. The highest BCUT2D eigenvalue weighted by Crippen LogP contribution is 2.45. The molecule has 8 N–H and O–H groups in total. The van der Waals surface area contributed by atoms with Gasteiger partial charge in [0, 0.05) is 30.3 Å². The lowest BCUT2D eigenvalue weighted by Crippen LogP contribution is -2.71. The van der Waals surface area contributed by atoms with Crippen LogP contribution in [0.1, 0.15) is 65.9 Å². The van der Waals surface area contributed by atoms with E-state index in [0.29, 0.717) is 18.5 Å². The molecule has 1 aromatic heterocycles. The van der Waals surface area contributed by atoms with Crippen molar-refractivity contribution in [1.29, 1.82) is 0 Å². The molecule has 4 amide bonds. The van der Waals surface area contributed by atoms with Gasteiger partial charge < -0.3 is 41.4 Å². The molecule has 0 bridgehead atoms. The third-order valence-corrected chi connectivity index (χ3v) is 11.6. The molecule has 0 spiro atoms. The number of benzene rings is 1. The van der Waals surface area contributed by atoms with Crippen molar-refractivity contribution in [3.8, 4) is 11.5 Å². The summed E-state index contributed by atoms with van der Waals surface area (Å²) in [7, 11) is 0. The van der Waals surface area contributed by atoms with Gasteiger partial charge in [-0.1, -0.05) is 36.5 Å². The minimum absolute atomic E-state index is 0.00424. The Kier molecular flexibility index (Phi) is 12.8. The summed E-state index contributed by atoms with van der Waals surface area (Å²) in [5.74, 6) is -9.34. The number of nitrogens with one attached hydrogen (secondary N) is 1. The number of halogens is 1. The standard InChI is InChI=1S/C33H36ClN7O13S2/c1-3-4-5-6-39(7-8-40-27(47)14-9-17(42)25(45)21(34)20(14)28(40)48)11-15-13(2)56-30-23(29(49)41(30)24(15)32(52)53)37-26(46)22(16-12-55-33(35)36-16)38-54-18(31(50)51)10-19(43)44/h9,12-13,18,23,30,42,45H,3-8,10-11H2,1-2H3,(H2,35,36)(H,37,46)(H,43,44)(H,50,51)(H,52,53)/b38-22-/t13-,18-,23+,30+/m0/s1. The molecule has 0 unspecified atom stereocenters. The Morgan fingerprint density at radius 3 is 2.45 bits per heavy atom. The van der Waals surface area contributed by atoms with Crippen molar-refractivity contribution < 1.29 is 63.9 Å². The molecule has 3 aliphatic rings. The number of amides is 4. The molecule has 300 valence electrons. The number of anilines is 1. The second-order valence-corrected chi connectivity index (χ2v) is 15.5. The van der Waals surface area contributed by atoms with E-state index in [4.69, 9.17) is 27.3 Å². The number of phenols is 2. The van der Waals surface area contributed by atoms with Crippen molar-refractivity contribution in [3.63, 3.8) is 0 Å². The number of aromatic nitrogens is 1. The smallest absolute Gasteiger partial charge is 0.352 e. The van der Waals surface area contributed by atoms with Crippen LogP contribution >= 0.6 is 34.7 Å². The third kappa shape index (κ3) is 8.37. The fourth-order valence-corrected chi connectivity index (χ4v) is 8.50. The summed E-state index contributed by atoms with van der Waals surface area (Å²) >= 11 is 8.18. The number of imide groups is 1. The third-order valence-electron chi connectivity index (χ3n) is 9.06. The summed E-state index contributed by atoms with van der Waals surface area (Å²) < 4.78 is 0. The topological polar surface area (TPSA) is 303 Å². The number of nitrogens with two attached hydrogens (primary N) is 1. The summed E-state index contributed by atoms with van der Waals surface area (Å²) in [5, 5.41) is 54.2. The number of carbonyl (C=O) groups excluding carboxylic acids is 4. The summed E-state index contributed by atoms with van der Waals surface area (Å²) in [4.78, 5) is 102. The summed E-state index contributed by atoms with van der Waals surface area (Å²) in [6.45, 7) is 4.13. The van der Waals surface area contributed by atoms with Gasteiger partial charge in [0.15, 0.2) is 22.3 Å². The molecule has 23 heteroatoms. The molecule has 1 fully saturated rings. The Hall–Kier alpha value is -5.45.